The maximum Gasteiger partial charge on any atom is 0.203 e. The predicted molar refractivity (Wildman–Crippen MR) is 90.7 cm³/mol. The molecule has 1 aromatic rings. The summed E-state index contributed by atoms with van der Waals surface area (Å²) in [4.78, 5) is 0. The number of methoxy groups -OCH3 is 2. The Kier molecular flexibility index (Phi) is 9.31. The van der Waals surface area contributed by atoms with E-state index in [1.807, 2.05) is 12.1 Å². The molecule has 0 bridgehead atoms. The Morgan fingerprint density at radius 3 is 1.90 bits per heavy atom. The monoisotopic (exact) mass is 358 g/mol. The van der Waals surface area contributed by atoms with Gasteiger partial charge in [-0.1, -0.05) is 61.4 Å². The molecule has 0 saturated heterocycles. The van der Waals surface area contributed by atoms with Gasteiger partial charge in [0.1, 0.15) is 0 Å². The molecule has 0 unspecified atom stereocenters. The first-order chi connectivity index (χ1) is 10.2. The molecule has 0 radical (unpaired) electrons. The van der Waals surface area contributed by atoms with Crippen LogP contribution < -0.4 is 14.2 Å². The van der Waals surface area contributed by atoms with Gasteiger partial charge < -0.3 is 14.2 Å². The van der Waals surface area contributed by atoms with Crippen molar-refractivity contribution in [1.82, 2.24) is 0 Å². The largest absolute Gasteiger partial charge is 0.493 e. The fourth-order valence-corrected chi connectivity index (χ4v) is 2.64. The van der Waals surface area contributed by atoms with Crippen molar-refractivity contribution >= 4 is 15.9 Å². The van der Waals surface area contributed by atoms with E-state index in [9.17, 15) is 0 Å². The lowest BCUT2D eigenvalue weighted by Gasteiger charge is -2.14. The van der Waals surface area contributed by atoms with Crippen LogP contribution in [0.2, 0.25) is 0 Å². The zero-order chi connectivity index (χ0) is 15.5. The van der Waals surface area contributed by atoms with Crippen LogP contribution in [-0.2, 0) is 0 Å². The lowest BCUT2D eigenvalue weighted by molar-refractivity contribution is 0.267. The van der Waals surface area contributed by atoms with Crippen LogP contribution in [-0.4, -0.2) is 20.8 Å². The van der Waals surface area contributed by atoms with Gasteiger partial charge in [-0.2, -0.15) is 0 Å². The molecule has 0 aliphatic rings. The SMILES string of the molecule is CCCCCCCCCOc1c(OC)cc(Br)cc1OC. The number of hydrogen-bond donors (Lipinski definition) is 0. The van der Waals surface area contributed by atoms with E-state index >= 15 is 0 Å². The van der Waals surface area contributed by atoms with Crippen molar-refractivity contribution in [2.24, 2.45) is 0 Å². The maximum absolute atomic E-state index is 5.86. The van der Waals surface area contributed by atoms with Crippen molar-refractivity contribution in [2.45, 2.75) is 51.9 Å². The number of unbranched alkanes of at least 4 members (excludes halogenated alkanes) is 6. The topological polar surface area (TPSA) is 27.7 Å². The van der Waals surface area contributed by atoms with Crippen molar-refractivity contribution in [2.75, 3.05) is 20.8 Å². The average Bonchev–Trinajstić information content (AvgIpc) is 2.50. The van der Waals surface area contributed by atoms with Gasteiger partial charge in [0, 0.05) is 4.47 Å². The van der Waals surface area contributed by atoms with Gasteiger partial charge in [-0.15, -0.1) is 0 Å². The minimum absolute atomic E-state index is 0.689. The highest BCUT2D eigenvalue weighted by atomic mass is 79.9. The highest BCUT2D eigenvalue weighted by Crippen LogP contribution is 2.40. The zero-order valence-corrected chi connectivity index (χ0v) is 15.0. The summed E-state index contributed by atoms with van der Waals surface area (Å²) >= 11 is 3.44. The molecule has 0 heterocycles. The van der Waals surface area contributed by atoms with Crippen LogP contribution in [0.25, 0.3) is 0 Å². The minimum Gasteiger partial charge on any atom is -0.493 e. The molecular formula is C17H27BrO3. The summed E-state index contributed by atoms with van der Waals surface area (Å²) in [6.07, 6.45) is 8.90. The summed E-state index contributed by atoms with van der Waals surface area (Å²) in [5, 5.41) is 0. The Balaban J connectivity index is 2.37. The van der Waals surface area contributed by atoms with Crippen molar-refractivity contribution in [3.8, 4) is 17.2 Å². The molecule has 0 aliphatic heterocycles. The predicted octanol–water partition coefficient (Wildman–Crippen LogP) is 5.60. The summed E-state index contributed by atoms with van der Waals surface area (Å²) in [6.45, 7) is 2.94. The number of rotatable bonds is 11. The van der Waals surface area contributed by atoms with Crippen molar-refractivity contribution < 1.29 is 14.2 Å². The molecule has 4 heteroatoms. The lowest BCUT2D eigenvalue weighted by Crippen LogP contribution is -2.01. The molecule has 0 amide bonds. The van der Waals surface area contributed by atoms with Crippen LogP contribution in [0.1, 0.15) is 51.9 Å². The Bertz CT molecular complexity index is 382. The van der Waals surface area contributed by atoms with E-state index in [-0.39, 0.29) is 0 Å². The fourth-order valence-electron chi connectivity index (χ4n) is 2.22. The van der Waals surface area contributed by atoms with E-state index in [1.54, 1.807) is 14.2 Å². The minimum atomic E-state index is 0.689. The molecular weight excluding hydrogens is 332 g/mol. The van der Waals surface area contributed by atoms with Crippen LogP contribution in [0.3, 0.4) is 0 Å². The van der Waals surface area contributed by atoms with E-state index in [0.29, 0.717) is 23.9 Å². The van der Waals surface area contributed by atoms with Gasteiger partial charge in [0.15, 0.2) is 11.5 Å². The average molecular weight is 359 g/mol. The third-order valence-corrected chi connectivity index (χ3v) is 3.88. The van der Waals surface area contributed by atoms with Crippen molar-refractivity contribution in [3.05, 3.63) is 16.6 Å². The van der Waals surface area contributed by atoms with E-state index < -0.39 is 0 Å². The Morgan fingerprint density at radius 2 is 1.38 bits per heavy atom. The van der Waals surface area contributed by atoms with E-state index in [4.69, 9.17) is 14.2 Å². The summed E-state index contributed by atoms with van der Waals surface area (Å²) in [5.74, 6) is 2.09. The number of ether oxygens (including phenoxy) is 3. The second-order valence-electron chi connectivity index (χ2n) is 5.11. The van der Waals surface area contributed by atoms with Crippen LogP contribution in [0.4, 0.5) is 0 Å². The Morgan fingerprint density at radius 1 is 0.857 bits per heavy atom. The summed E-state index contributed by atoms with van der Waals surface area (Å²) in [6, 6.07) is 3.78. The third-order valence-electron chi connectivity index (χ3n) is 3.42. The van der Waals surface area contributed by atoms with Gasteiger partial charge in [-0.3, -0.25) is 0 Å². The number of halogens is 1. The van der Waals surface area contributed by atoms with Gasteiger partial charge in [0.25, 0.3) is 0 Å². The van der Waals surface area contributed by atoms with Gasteiger partial charge in [0.2, 0.25) is 5.75 Å². The quantitative estimate of drug-likeness (QED) is 0.482. The number of hydrogen-bond acceptors (Lipinski definition) is 3. The molecule has 1 rings (SSSR count). The highest BCUT2D eigenvalue weighted by molar-refractivity contribution is 9.10. The number of benzene rings is 1. The second kappa shape index (κ2) is 10.8. The zero-order valence-electron chi connectivity index (χ0n) is 13.4. The molecule has 0 saturated carbocycles. The van der Waals surface area contributed by atoms with Gasteiger partial charge in [0.05, 0.1) is 20.8 Å². The highest BCUT2D eigenvalue weighted by Gasteiger charge is 2.13. The Hall–Kier alpha value is -0.900. The van der Waals surface area contributed by atoms with Crippen LogP contribution in [0.5, 0.6) is 17.2 Å². The lowest BCUT2D eigenvalue weighted by atomic mass is 10.1. The van der Waals surface area contributed by atoms with Crippen LogP contribution >= 0.6 is 15.9 Å². The first-order valence-corrected chi connectivity index (χ1v) is 8.56. The van der Waals surface area contributed by atoms with Crippen LogP contribution in [0, 0.1) is 0 Å². The van der Waals surface area contributed by atoms with Gasteiger partial charge >= 0.3 is 0 Å². The first kappa shape index (κ1) is 18.1. The third kappa shape index (κ3) is 6.60. The molecule has 0 aliphatic carbocycles. The molecule has 21 heavy (non-hydrogen) atoms. The maximum atomic E-state index is 5.86. The molecule has 0 fully saturated rings. The molecule has 0 N–H and O–H groups in total. The van der Waals surface area contributed by atoms with Crippen molar-refractivity contribution in [3.63, 3.8) is 0 Å². The molecule has 0 aromatic heterocycles. The van der Waals surface area contributed by atoms with Gasteiger partial charge in [-0.05, 0) is 18.6 Å². The first-order valence-electron chi connectivity index (χ1n) is 7.77. The molecule has 1 aromatic carbocycles. The molecule has 0 atom stereocenters. The van der Waals surface area contributed by atoms with E-state index in [0.717, 1.165) is 10.9 Å². The van der Waals surface area contributed by atoms with Crippen molar-refractivity contribution in [1.29, 1.82) is 0 Å². The van der Waals surface area contributed by atoms with Gasteiger partial charge in [-0.25, -0.2) is 0 Å². The summed E-state index contributed by atoms with van der Waals surface area (Å²) in [5.41, 5.74) is 0. The van der Waals surface area contributed by atoms with E-state index in [1.165, 1.54) is 38.5 Å². The second-order valence-corrected chi connectivity index (χ2v) is 6.02. The molecule has 3 nitrogen and oxygen atoms in total. The van der Waals surface area contributed by atoms with Crippen LogP contribution in [0.15, 0.2) is 16.6 Å². The fraction of sp³-hybridized carbons (Fsp3) is 0.647. The molecule has 120 valence electrons. The smallest absolute Gasteiger partial charge is 0.203 e. The van der Waals surface area contributed by atoms with E-state index in [2.05, 4.69) is 22.9 Å². The standard InChI is InChI=1S/C17H27BrO3/c1-4-5-6-7-8-9-10-11-21-17-15(19-2)12-14(18)13-16(17)20-3/h12-13H,4-11H2,1-3H3. The Labute approximate surface area is 137 Å². The normalized spacial score (nSPS) is 10.5. The summed E-state index contributed by atoms with van der Waals surface area (Å²) in [7, 11) is 3.28. The summed E-state index contributed by atoms with van der Waals surface area (Å²) < 4.78 is 17.5. The molecule has 0 spiro atoms.